The van der Waals surface area contributed by atoms with Crippen molar-refractivity contribution >= 4 is 5.91 Å². The summed E-state index contributed by atoms with van der Waals surface area (Å²) in [6, 6.07) is 1.89. The summed E-state index contributed by atoms with van der Waals surface area (Å²) in [5.74, 6) is -0.288. The number of hydrogen-bond acceptors (Lipinski definition) is 3. The van der Waals surface area contributed by atoms with Gasteiger partial charge in [-0.25, -0.2) is 0 Å². The first-order valence-corrected chi connectivity index (χ1v) is 6.80. The summed E-state index contributed by atoms with van der Waals surface area (Å²) in [6.45, 7) is 0.198. The molecule has 0 aliphatic heterocycles. The van der Waals surface area contributed by atoms with E-state index in [2.05, 4.69) is 10.3 Å². The molecule has 1 amide bonds. The first-order valence-electron chi connectivity index (χ1n) is 6.80. The quantitative estimate of drug-likeness (QED) is 0.875. The molecule has 0 aromatic carbocycles. The third-order valence-corrected chi connectivity index (χ3v) is 3.62. The minimum Gasteiger partial charge on any atom is -0.389 e. The Bertz CT molecular complexity index is 513. The molecule has 1 heterocycles. The molecule has 2 rings (SSSR count). The molecule has 1 aromatic rings. The second kappa shape index (κ2) is 6.01. The lowest BCUT2D eigenvalue weighted by atomic mass is 9.78. The fourth-order valence-electron chi connectivity index (χ4n) is 2.24. The Hall–Kier alpha value is -1.63. The Labute approximate surface area is 120 Å². The largest absolute Gasteiger partial charge is 0.416 e. The molecule has 21 heavy (non-hydrogen) atoms. The van der Waals surface area contributed by atoms with E-state index in [1.807, 2.05) is 0 Å². The van der Waals surface area contributed by atoms with Crippen LogP contribution in [0.25, 0.3) is 0 Å². The molecule has 0 radical (unpaired) electrons. The van der Waals surface area contributed by atoms with E-state index in [-0.39, 0.29) is 31.0 Å². The van der Waals surface area contributed by atoms with Gasteiger partial charge in [-0.05, 0) is 31.4 Å². The fourth-order valence-corrected chi connectivity index (χ4v) is 2.24. The monoisotopic (exact) mass is 302 g/mol. The van der Waals surface area contributed by atoms with Gasteiger partial charge in [0, 0.05) is 24.9 Å². The van der Waals surface area contributed by atoms with Gasteiger partial charge in [0.2, 0.25) is 5.91 Å². The van der Waals surface area contributed by atoms with E-state index in [1.165, 1.54) is 0 Å². The number of aromatic nitrogens is 1. The van der Waals surface area contributed by atoms with Crippen molar-refractivity contribution in [3.05, 3.63) is 29.6 Å². The number of carbonyl (C=O) groups is 1. The molecule has 1 aromatic heterocycles. The molecular formula is C14H17F3N2O2. The van der Waals surface area contributed by atoms with Gasteiger partial charge >= 0.3 is 6.18 Å². The Kier molecular flexibility index (Phi) is 4.51. The van der Waals surface area contributed by atoms with Crippen LogP contribution in [-0.2, 0) is 17.4 Å². The van der Waals surface area contributed by atoms with Crippen LogP contribution in [0.5, 0.6) is 0 Å². The normalized spacial score (nSPS) is 17.1. The van der Waals surface area contributed by atoms with Gasteiger partial charge in [-0.1, -0.05) is 0 Å². The van der Waals surface area contributed by atoms with Crippen molar-refractivity contribution in [2.75, 3.05) is 6.54 Å². The first kappa shape index (κ1) is 15.8. The van der Waals surface area contributed by atoms with Crippen LogP contribution in [0.2, 0.25) is 0 Å². The van der Waals surface area contributed by atoms with Crippen LogP contribution in [0, 0.1) is 0 Å². The van der Waals surface area contributed by atoms with Gasteiger partial charge in [0.25, 0.3) is 0 Å². The maximum Gasteiger partial charge on any atom is 0.416 e. The van der Waals surface area contributed by atoms with Crippen molar-refractivity contribution in [2.24, 2.45) is 0 Å². The van der Waals surface area contributed by atoms with Crippen LogP contribution in [-0.4, -0.2) is 28.1 Å². The molecular weight excluding hydrogens is 285 g/mol. The zero-order valence-corrected chi connectivity index (χ0v) is 11.4. The summed E-state index contributed by atoms with van der Waals surface area (Å²) in [4.78, 5) is 15.4. The van der Waals surface area contributed by atoms with Crippen molar-refractivity contribution in [1.82, 2.24) is 10.3 Å². The Morgan fingerprint density at radius 2 is 2.14 bits per heavy atom. The summed E-state index contributed by atoms with van der Waals surface area (Å²) in [6.07, 6.45) is -0.869. The number of amides is 1. The van der Waals surface area contributed by atoms with E-state index in [9.17, 15) is 23.1 Å². The number of nitrogens with zero attached hydrogens (tertiary/aromatic N) is 1. The van der Waals surface area contributed by atoms with Crippen molar-refractivity contribution in [3.8, 4) is 0 Å². The number of aliphatic hydroxyl groups is 1. The van der Waals surface area contributed by atoms with Crippen LogP contribution in [0.15, 0.2) is 18.3 Å². The van der Waals surface area contributed by atoms with Crippen molar-refractivity contribution < 1.29 is 23.1 Å². The average molecular weight is 302 g/mol. The number of rotatable bonds is 5. The molecule has 1 fully saturated rings. The van der Waals surface area contributed by atoms with E-state index in [0.717, 1.165) is 24.8 Å². The van der Waals surface area contributed by atoms with Gasteiger partial charge in [0.1, 0.15) is 0 Å². The minimum atomic E-state index is -4.39. The van der Waals surface area contributed by atoms with Gasteiger partial charge in [0.05, 0.1) is 17.6 Å². The lowest BCUT2D eigenvalue weighted by Crippen LogP contribution is -2.42. The number of alkyl halides is 3. The van der Waals surface area contributed by atoms with Gasteiger partial charge in [-0.15, -0.1) is 0 Å². The van der Waals surface area contributed by atoms with Crippen LogP contribution >= 0.6 is 0 Å². The third-order valence-electron chi connectivity index (χ3n) is 3.62. The molecule has 1 saturated carbocycles. The smallest absolute Gasteiger partial charge is 0.389 e. The Morgan fingerprint density at radius 1 is 1.43 bits per heavy atom. The van der Waals surface area contributed by atoms with Gasteiger partial charge < -0.3 is 10.4 Å². The number of hydrogen-bond donors (Lipinski definition) is 2. The van der Waals surface area contributed by atoms with Crippen LogP contribution < -0.4 is 5.32 Å². The maximum absolute atomic E-state index is 12.5. The predicted molar refractivity (Wildman–Crippen MR) is 69.4 cm³/mol. The predicted octanol–water partition coefficient (Wildman–Crippen LogP) is 2.06. The Morgan fingerprint density at radius 3 is 2.71 bits per heavy atom. The lowest BCUT2D eigenvalue weighted by molar-refractivity contribution is -0.137. The third kappa shape index (κ3) is 4.42. The topological polar surface area (TPSA) is 62.2 Å². The van der Waals surface area contributed by atoms with E-state index < -0.39 is 17.3 Å². The zero-order valence-electron chi connectivity index (χ0n) is 11.4. The molecule has 0 spiro atoms. The lowest BCUT2D eigenvalue weighted by Gasteiger charge is -2.35. The summed E-state index contributed by atoms with van der Waals surface area (Å²) in [5, 5.41) is 12.4. The molecule has 1 aliphatic carbocycles. The number of nitrogens with one attached hydrogen (secondary N) is 1. The molecule has 0 saturated heterocycles. The van der Waals surface area contributed by atoms with Crippen molar-refractivity contribution in [3.63, 3.8) is 0 Å². The van der Waals surface area contributed by atoms with Gasteiger partial charge in [-0.2, -0.15) is 13.2 Å². The SMILES string of the molecule is O=C(CC1(O)CCC1)NCCc1cc(C(F)(F)F)ccn1. The molecule has 0 unspecified atom stereocenters. The second-order valence-electron chi connectivity index (χ2n) is 5.39. The van der Waals surface area contributed by atoms with Crippen LogP contribution in [0.1, 0.15) is 36.9 Å². The second-order valence-corrected chi connectivity index (χ2v) is 5.39. The summed E-state index contributed by atoms with van der Waals surface area (Å²) in [7, 11) is 0. The highest BCUT2D eigenvalue weighted by atomic mass is 19.4. The van der Waals surface area contributed by atoms with E-state index in [1.54, 1.807) is 0 Å². The van der Waals surface area contributed by atoms with Crippen molar-refractivity contribution in [1.29, 1.82) is 0 Å². The molecule has 116 valence electrons. The first-order chi connectivity index (χ1) is 9.78. The molecule has 1 aliphatic rings. The highest BCUT2D eigenvalue weighted by Gasteiger charge is 2.36. The average Bonchev–Trinajstić information content (AvgIpc) is 2.36. The Balaban J connectivity index is 1.79. The highest BCUT2D eigenvalue weighted by Crippen LogP contribution is 2.34. The van der Waals surface area contributed by atoms with E-state index in [0.29, 0.717) is 12.8 Å². The number of pyridine rings is 1. The summed E-state index contributed by atoms with van der Waals surface area (Å²) in [5.41, 5.74) is -1.37. The summed E-state index contributed by atoms with van der Waals surface area (Å²) < 4.78 is 37.6. The van der Waals surface area contributed by atoms with E-state index >= 15 is 0 Å². The van der Waals surface area contributed by atoms with Crippen molar-refractivity contribution in [2.45, 2.75) is 43.9 Å². The van der Waals surface area contributed by atoms with Gasteiger partial charge in [-0.3, -0.25) is 9.78 Å². The summed E-state index contributed by atoms with van der Waals surface area (Å²) >= 11 is 0. The molecule has 4 nitrogen and oxygen atoms in total. The fraction of sp³-hybridized carbons (Fsp3) is 0.571. The number of halogens is 3. The minimum absolute atomic E-state index is 0.0447. The maximum atomic E-state index is 12.5. The van der Waals surface area contributed by atoms with Crippen LogP contribution in [0.4, 0.5) is 13.2 Å². The number of carbonyl (C=O) groups excluding carboxylic acids is 1. The van der Waals surface area contributed by atoms with Gasteiger partial charge in [0.15, 0.2) is 0 Å². The molecule has 2 N–H and O–H groups in total. The zero-order chi connectivity index (χ0) is 15.5. The highest BCUT2D eigenvalue weighted by molar-refractivity contribution is 5.77. The van der Waals surface area contributed by atoms with Crippen LogP contribution in [0.3, 0.4) is 0 Å². The molecule has 0 atom stereocenters. The molecule has 7 heteroatoms. The van der Waals surface area contributed by atoms with E-state index in [4.69, 9.17) is 0 Å². The molecule has 0 bridgehead atoms. The standard InChI is InChI=1S/C14H17F3N2O2/c15-14(16,17)10-2-6-18-11(8-10)3-7-19-12(20)9-13(21)4-1-5-13/h2,6,8,21H,1,3-5,7,9H2,(H,19,20).